The normalized spacial score (nSPS) is 26.9. The van der Waals surface area contributed by atoms with E-state index in [0.29, 0.717) is 6.42 Å². The maximum Gasteiger partial charge on any atom is 0.306 e. The van der Waals surface area contributed by atoms with E-state index in [4.69, 9.17) is 0 Å². The number of fused-ring (bicyclic) bond motifs is 1. The molecule has 2 nitrogen and oxygen atoms in total. The van der Waals surface area contributed by atoms with Gasteiger partial charge in [-0.3, -0.25) is 0 Å². The van der Waals surface area contributed by atoms with Crippen molar-refractivity contribution in [1.29, 1.82) is 0 Å². The smallest absolute Gasteiger partial charge is 0.195 e. The maximum atomic E-state index is 13.7. The summed E-state index contributed by atoms with van der Waals surface area (Å²) >= 11 is 0. The highest BCUT2D eigenvalue weighted by Crippen LogP contribution is 2.54. The quantitative estimate of drug-likeness (QED) is 0.754. The largest absolute Gasteiger partial charge is 0.306 e. The van der Waals surface area contributed by atoms with Crippen molar-refractivity contribution in [3.8, 4) is 0 Å². The molecule has 0 unspecified atom stereocenters. The lowest BCUT2D eigenvalue weighted by Crippen LogP contribution is -2.38. The molecule has 0 radical (unpaired) electrons. The van der Waals surface area contributed by atoms with E-state index in [2.05, 4.69) is 0 Å². The summed E-state index contributed by atoms with van der Waals surface area (Å²) < 4.78 is 36.8. The molecule has 1 atom stereocenters. The second-order valence-corrected chi connectivity index (χ2v) is 7.09. The number of hydrogen-bond acceptors (Lipinski definition) is 2. The molecule has 2 aromatic carbocycles. The summed E-state index contributed by atoms with van der Waals surface area (Å²) in [6.07, 6.45) is 0.345. The summed E-state index contributed by atoms with van der Waals surface area (Å²) in [5.74, 6) is -0.384. The van der Waals surface area contributed by atoms with Crippen molar-refractivity contribution in [2.24, 2.45) is 0 Å². The second-order valence-electron chi connectivity index (χ2n) is 5.54. The molecule has 20 heavy (non-hydrogen) atoms. The molecule has 5 rings (SSSR count). The third kappa shape index (κ3) is 1.51. The minimum Gasteiger partial charge on any atom is -0.195 e. The van der Waals surface area contributed by atoms with Gasteiger partial charge in [-0.05, 0) is 28.7 Å². The average Bonchev–Trinajstić information content (AvgIpc) is 2.46. The van der Waals surface area contributed by atoms with Gasteiger partial charge in [0.15, 0.2) is 0 Å². The van der Waals surface area contributed by atoms with Crippen LogP contribution in [-0.4, -0.2) is 13.7 Å². The number of hydrogen-bond donors (Lipinski definition) is 0. The lowest BCUT2D eigenvalue weighted by Gasteiger charge is -2.43. The van der Waals surface area contributed by atoms with E-state index in [9.17, 15) is 12.3 Å². The van der Waals surface area contributed by atoms with Gasteiger partial charge < -0.3 is 0 Å². The fraction of sp³-hybridized carbons (Fsp3) is 0.250. The van der Waals surface area contributed by atoms with Crippen LogP contribution in [0.1, 0.15) is 40.5 Å². The molecule has 0 saturated heterocycles. The van der Waals surface area contributed by atoms with Crippen molar-refractivity contribution in [3.63, 3.8) is 0 Å². The Balaban J connectivity index is 2.03. The number of benzene rings is 2. The van der Waals surface area contributed by atoms with Gasteiger partial charge in [-0.15, -0.1) is 3.89 Å². The summed E-state index contributed by atoms with van der Waals surface area (Å²) in [6, 6.07) is 15.6. The third-order valence-corrected chi connectivity index (χ3v) is 5.80. The van der Waals surface area contributed by atoms with Crippen molar-refractivity contribution >= 4 is 10.2 Å². The maximum absolute atomic E-state index is 13.7. The van der Waals surface area contributed by atoms with Crippen LogP contribution in [0.3, 0.4) is 0 Å². The summed E-state index contributed by atoms with van der Waals surface area (Å²) in [4.78, 5) is 0. The van der Waals surface area contributed by atoms with E-state index in [1.54, 1.807) is 0 Å². The first-order valence-electron chi connectivity index (χ1n) is 6.68. The second kappa shape index (κ2) is 3.92. The van der Waals surface area contributed by atoms with E-state index in [-0.39, 0.29) is 11.8 Å². The van der Waals surface area contributed by atoms with Crippen molar-refractivity contribution in [2.75, 3.05) is 0 Å². The van der Waals surface area contributed by atoms with Crippen molar-refractivity contribution in [3.05, 3.63) is 70.8 Å². The minimum atomic E-state index is -4.54. The molecular formula is C16H13FO2S. The Morgan fingerprint density at radius 3 is 1.75 bits per heavy atom. The Morgan fingerprint density at radius 1 is 0.850 bits per heavy atom. The van der Waals surface area contributed by atoms with Crippen LogP contribution < -0.4 is 0 Å². The lowest BCUT2D eigenvalue weighted by molar-refractivity contribution is 0.468. The van der Waals surface area contributed by atoms with E-state index in [0.717, 1.165) is 22.3 Å². The third-order valence-electron chi connectivity index (χ3n) is 4.61. The molecule has 102 valence electrons. The van der Waals surface area contributed by atoms with Gasteiger partial charge in [0, 0.05) is 11.8 Å². The van der Waals surface area contributed by atoms with Crippen LogP contribution in [0.25, 0.3) is 0 Å². The molecule has 0 spiro atoms. The summed E-state index contributed by atoms with van der Waals surface area (Å²) in [5.41, 5.74) is 4.23. The Morgan fingerprint density at radius 2 is 1.30 bits per heavy atom. The zero-order chi connectivity index (χ0) is 13.9. The topological polar surface area (TPSA) is 34.1 Å². The van der Waals surface area contributed by atoms with E-state index in [1.807, 2.05) is 48.5 Å². The molecule has 0 heterocycles. The van der Waals surface area contributed by atoms with Gasteiger partial charge in [-0.25, -0.2) is 0 Å². The summed E-state index contributed by atoms with van der Waals surface area (Å²) in [6.45, 7) is 0. The number of rotatable bonds is 1. The monoisotopic (exact) mass is 288 g/mol. The highest BCUT2D eigenvalue weighted by atomic mass is 32.3. The van der Waals surface area contributed by atoms with Gasteiger partial charge >= 0.3 is 10.2 Å². The highest BCUT2D eigenvalue weighted by molar-refractivity contribution is 7.87. The first kappa shape index (κ1) is 12.1. The average molecular weight is 288 g/mol. The van der Waals surface area contributed by atoms with E-state index >= 15 is 0 Å². The first-order valence-corrected chi connectivity index (χ1v) is 8.13. The standard InChI is InChI=1S/C16H13FO2S/c17-20(18,19)15-9-14-10-5-1-3-7-12(10)16(15)13-8-4-2-6-11(13)14/h1-8,14-16H,9H2/t14?,15-,16?/m0/s1. The molecular weight excluding hydrogens is 275 g/mol. The van der Waals surface area contributed by atoms with Gasteiger partial charge in [0.05, 0.1) is 0 Å². The summed E-state index contributed by atoms with van der Waals surface area (Å²) in [5, 5.41) is -0.947. The fourth-order valence-corrected chi connectivity index (χ4v) is 4.90. The van der Waals surface area contributed by atoms with Crippen LogP contribution >= 0.6 is 0 Å². The van der Waals surface area contributed by atoms with E-state index < -0.39 is 15.5 Å². The predicted molar refractivity (Wildman–Crippen MR) is 75.0 cm³/mol. The molecule has 0 aliphatic heterocycles. The van der Waals surface area contributed by atoms with Gasteiger partial charge in [0.2, 0.25) is 0 Å². The molecule has 4 heteroatoms. The molecule has 0 fully saturated rings. The molecule has 2 bridgehead atoms. The predicted octanol–water partition coefficient (Wildman–Crippen LogP) is 3.34. The number of halogens is 1. The summed E-state index contributed by atoms with van der Waals surface area (Å²) in [7, 11) is -4.54. The Kier molecular flexibility index (Phi) is 2.37. The Bertz CT molecular complexity index is 750. The van der Waals surface area contributed by atoms with E-state index in [1.165, 1.54) is 0 Å². The molecule has 0 amide bonds. The van der Waals surface area contributed by atoms with Crippen LogP contribution in [0, 0.1) is 0 Å². The fourth-order valence-electron chi connectivity index (χ4n) is 3.86. The molecule has 0 N–H and O–H groups in total. The van der Waals surface area contributed by atoms with Crippen LogP contribution in [0.4, 0.5) is 3.89 Å². The minimum absolute atomic E-state index is 0.0112. The van der Waals surface area contributed by atoms with Gasteiger partial charge in [-0.2, -0.15) is 8.42 Å². The first-order chi connectivity index (χ1) is 9.57. The van der Waals surface area contributed by atoms with Gasteiger partial charge in [0.1, 0.15) is 5.25 Å². The molecule has 0 saturated carbocycles. The van der Waals surface area contributed by atoms with Crippen molar-refractivity contribution < 1.29 is 12.3 Å². The van der Waals surface area contributed by atoms with Crippen molar-refractivity contribution in [2.45, 2.75) is 23.5 Å². The van der Waals surface area contributed by atoms with Crippen LogP contribution in [0.2, 0.25) is 0 Å². The van der Waals surface area contributed by atoms with Crippen LogP contribution in [0.15, 0.2) is 48.5 Å². The van der Waals surface area contributed by atoms with Gasteiger partial charge in [0.25, 0.3) is 0 Å². The van der Waals surface area contributed by atoms with Gasteiger partial charge in [-0.1, -0.05) is 48.5 Å². The molecule has 0 aromatic heterocycles. The van der Waals surface area contributed by atoms with Crippen LogP contribution in [-0.2, 0) is 10.2 Å². The van der Waals surface area contributed by atoms with Crippen LogP contribution in [0.5, 0.6) is 0 Å². The Hall–Kier alpha value is -1.68. The Labute approximate surface area is 117 Å². The zero-order valence-electron chi connectivity index (χ0n) is 10.7. The highest BCUT2D eigenvalue weighted by Gasteiger charge is 2.48. The molecule has 2 aromatic rings. The zero-order valence-corrected chi connectivity index (χ0v) is 11.5. The SMILES string of the molecule is O=S(=O)(F)[C@H]1CC2c3ccccc3C1c1ccccc12. The lowest BCUT2D eigenvalue weighted by atomic mass is 9.63. The molecule has 3 aliphatic carbocycles. The van der Waals surface area contributed by atoms with Crippen molar-refractivity contribution in [1.82, 2.24) is 0 Å². The molecule has 3 aliphatic rings.